The van der Waals surface area contributed by atoms with Crippen LogP contribution in [0.5, 0.6) is 0 Å². The van der Waals surface area contributed by atoms with E-state index in [0.29, 0.717) is 29.8 Å². The van der Waals surface area contributed by atoms with Gasteiger partial charge in [0.05, 0.1) is 5.56 Å². The third kappa shape index (κ3) is 5.76. The molecule has 0 atom stereocenters. The highest BCUT2D eigenvalue weighted by Crippen LogP contribution is 2.16. The molecule has 2 amide bonds. The monoisotopic (exact) mass is 423 g/mol. The van der Waals surface area contributed by atoms with Gasteiger partial charge in [0.15, 0.2) is 0 Å². The summed E-state index contributed by atoms with van der Waals surface area (Å²) in [6, 6.07) is 18.3. The predicted molar refractivity (Wildman–Crippen MR) is 110 cm³/mol. The van der Waals surface area contributed by atoms with Crippen LogP contribution in [0.2, 0.25) is 0 Å². The average molecular weight is 424 g/mol. The number of hydrogen-bond acceptors (Lipinski definition) is 3. The van der Waals surface area contributed by atoms with Crippen molar-refractivity contribution in [2.75, 3.05) is 10.6 Å². The van der Waals surface area contributed by atoms with Crippen LogP contribution in [0.15, 0.2) is 77.5 Å². The van der Waals surface area contributed by atoms with Gasteiger partial charge in [0.2, 0.25) is 5.91 Å². The largest absolute Gasteiger partial charge is 0.326 e. The molecule has 0 aliphatic rings. The molecule has 0 fully saturated rings. The van der Waals surface area contributed by atoms with E-state index in [4.69, 9.17) is 0 Å². The van der Waals surface area contributed by atoms with Gasteiger partial charge < -0.3 is 10.6 Å². The average Bonchev–Trinajstić information content (AvgIpc) is 2.70. The van der Waals surface area contributed by atoms with Crippen molar-refractivity contribution >= 4 is 39.1 Å². The van der Waals surface area contributed by atoms with Gasteiger partial charge in [0.1, 0.15) is 0 Å². The van der Waals surface area contributed by atoms with E-state index in [1.54, 1.807) is 42.6 Å². The van der Waals surface area contributed by atoms with Crippen LogP contribution >= 0.6 is 15.9 Å². The lowest BCUT2D eigenvalue weighted by Crippen LogP contribution is -2.13. The molecule has 27 heavy (non-hydrogen) atoms. The molecule has 3 rings (SSSR count). The summed E-state index contributed by atoms with van der Waals surface area (Å²) in [7, 11) is 0. The number of anilines is 2. The normalized spacial score (nSPS) is 10.3. The van der Waals surface area contributed by atoms with Crippen LogP contribution in [-0.4, -0.2) is 16.8 Å². The van der Waals surface area contributed by atoms with E-state index in [2.05, 4.69) is 31.5 Å². The minimum absolute atomic E-state index is 0.0509. The Bertz CT molecular complexity index is 910. The lowest BCUT2D eigenvalue weighted by Gasteiger charge is -2.08. The van der Waals surface area contributed by atoms with Crippen molar-refractivity contribution in [2.45, 2.75) is 12.8 Å². The maximum absolute atomic E-state index is 12.1. The van der Waals surface area contributed by atoms with Gasteiger partial charge in [0.25, 0.3) is 5.91 Å². The zero-order chi connectivity index (χ0) is 19.1. The lowest BCUT2D eigenvalue weighted by atomic mass is 10.1. The smallest absolute Gasteiger partial charge is 0.257 e. The molecule has 3 aromatic rings. The Morgan fingerprint density at radius 1 is 0.889 bits per heavy atom. The fraction of sp³-hybridized carbons (Fsp3) is 0.0952. The van der Waals surface area contributed by atoms with E-state index in [0.717, 1.165) is 10.0 Å². The lowest BCUT2D eigenvalue weighted by molar-refractivity contribution is -0.116. The molecule has 0 aliphatic heterocycles. The molecule has 1 heterocycles. The third-order valence-corrected chi connectivity index (χ3v) is 4.43. The van der Waals surface area contributed by atoms with Crippen molar-refractivity contribution in [3.63, 3.8) is 0 Å². The minimum Gasteiger partial charge on any atom is -0.326 e. The second-order valence-corrected chi connectivity index (χ2v) is 6.86. The highest BCUT2D eigenvalue weighted by molar-refractivity contribution is 9.10. The van der Waals surface area contributed by atoms with Crippen molar-refractivity contribution in [1.82, 2.24) is 4.98 Å². The zero-order valence-corrected chi connectivity index (χ0v) is 16.1. The fourth-order valence-corrected chi connectivity index (χ4v) is 2.73. The van der Waals surface area contributed by atoms with Crippen LogP contribution in [-0.2, 0) is 11.2 Å². The number of nitrogens with one attached hydrogen (secondary N) is 2. The molecule has 2 N–H and O–H groups in total. The number of aromatic nitrogens is 1. The molecule has 136 valence electrons. The topological polar surface area (TPSA) is 71.1 Å². The molecule has 0 unspecified atom stereocenters. The molecule has 1 aromatic heterocycles. The summed E-state index contributed by atoms with van der Waals surface area (Å²) < 4.78 is 1.02. The maximum atomic E-state index is 12.1. The number of carbonyl (C=O) groups is 2. The summed E-state index contributed by atoms with van der Waals surface area (Å²) in [6.45, 7) is 0. The fourth-order valence-electron chi connectivity index (χ4n) is 2.47. The van der Waals surface area contributed by atoms with Gasteiger partial charge in [-0.25, -0.2) is 0 Å². The number of pyridine rings is 1. The van der Waals surface area contributed by atoms with E-state index in [9.17, 15) is 9.59 Å². The summed E-state index contributed by atoms with van der Waals surface area (Å²) in [5.74, 6) is -0.278. The first-order chi connectivity index (χ1) is 13.1. The number of nitrogens with zero attached hydrogens (tertiary/aromatic N) is 1. The molecule has 0 saturated heterocycles. The second-order valence-electron chi connectivity index (χ2n) is 5.95. The van der Waals surface area contributed by atoms with Gasteiger partial charge >= 0.3 is 0 Å². The zero-order valence-electron chi connectivity index (χ0n) is 14.5. The first-order valence-corrected chi connectivity index (χ1v) is 9.25. The van der Waals surface area contributed by atoms with Crippen molar-refractivity contribution in [1.29, 1.82) is 0 Å². The van der Waals surface area contributed by atoms with E-state index in [1.807, 2.05) is 24.3 Å². The Kier molecular flexibility index (Phi) is 6.33. The first-order valence-electron chi connectivity index (χ1n) is 8.46. The number of carbonyl (C=O) groups excluding carboxylic acids is 2. The SMILES string of the molecule is O=C(CCc1ccc(Br)cc1)Nc1ccc(NC(=O)c2cccnc2)cc1. The molecule has 0 saturated carbocycles. The number of hydrogen-bond donors (Lipinski definition) is 2. The highest BCUT2D eigenvalue weighted by Gasteiger charge is 2.07. The maximum Gasteiger partial charge on any atom is 0.257 e. The van der Waals surface area contributed by atoms with Crippen LogP contribution in [0.1, 0.15) is 22.3 Å². The van der Waals surface area contributed by atoms with Crippen LogP contribution in [0.25, 0.3) is 0 Å². The van der Waals surface area contributed by atoms with Gasteiger partial charge in [-0.1, -0.05) is 28.1 Å². The number of halogens is 1. The summed E-state index contributed by atoms with van der Waals surface area (Å²) in [5.41, 5.74) is 2.94. The van der Waals surface area contributed by atoms with Gasteiger partial charge in [-0.2, -0.15) is 0 Å². The Morgan fingerprint density at radius 2 is 1.56 bits per heavy atom. The predicted octanol–water partition coefficient (Wildman–Crippen LogP) is 4.67. The minimum atomic E-state index is -0.227. The quantitative estimate of drug-likeness (QED) is 0.604. The number of amides is 2. The number of aryl methyl sites for hydroxylation is 1. The molecule has 0 aliphatic carbocycles. The molecule has 0 bridgehead atoms. The number of rotatable bonds is 6. The molecule has 6 heteroatoms. The third-order valence-electron chi connectivity index (χ3n) is 3.90. The van der Waals surface area contributed by atoms with E-state index in [-0.39, 0.29) is 11.8 Å². The summed E-state index contributed by atoms with van der Waals surface area (Å²) >= 11 is 3.39. The van der Waals surface area contributed by atoms with Crippen LogP contribution in [0.4, 0.5) is 11.4 Å². The molecule has 0 spiro atoms. The van der Waals surface area contributed by atoms with Crippen LogP contribution in [0, 0.1) is 0 Å². The van der Waals surface area contributed by atoms with Crippen LogP contribution in [0.3, 0.4) is 0 Å². The van der Waals surface area contributed by atoms with E-state index < -0.39 is 0 Å². The Balaban J connectivity index is 1.50. The van der Waals surface area contributed by atoms with Gasteiger partial charge in [-0.15, -0.1) is 0 Å². The molecule has 5 nitrogen and oxygen atoms in total. The Morgan fingerprint density at radius 3 is 2.19 bits per heavy atom. The Hall–Kier alpha value is -2.99. The van der Waals surface area contributed by atoms with Crippen molar-refractivity contribution in [2.24, 2.45) is 0 Å². The standard InChI is InChI=1S/C21H18BrN3O2/c22-17-6-3-15(4-7-17)5-12-20(26)24-18-8-10-19(11-9-18)25-21(27)16-2-1-13-23-14-16/h1-4,6-11,13-14H,5,12H2,(H,24,26)(H,25,27). The Labute approximate surface area is 166 Å². The van der Waals surface area contributed by atoms with Gasteiger partial charge in [-0.3, -0.25) is 14.6 Å². The number of benzene rings is 2. The van der Waals surface area contributed by atoms with Gasteiger partial charge in [0, 0.05) is 34.7 Å². The highest BCUT2D eigenvalue weighted by atomic mass is 79.9. The van der Waals surface area contributed by atoms with E-state index in [1.165, 1.54) is 6.20 Å². The molecular weight excluding hydrogens is 406 g/mol. The van der Waals surface area contributed by atoms with E-state index >= 15 is 0 Å². The van der Waals surface area contributed by atoms with Crippen LogP contribution < -0.4 is 10.6 Å². The van der Waals surface area contributed by atoms with Crippen molar-refractivity contribution < 1.29 is 9.59 Å². The summed E-state index contributed by atoms with van der Waals surface area (Å²) in [5, 5.41) is 5.66. The summed E-state index contributed by atoms with van der Waals surface area (Å²) in [6.07, 6.45) is 4.21. The molecular formula is C21H18BrN3O2. The molecule has 0 radical (unpaired) electrons. The second kappa shape index (κ2) is 9.09. The van der Waals surface area contributed by atoms with Crippen molar-refractivity contribution in [3.8, 4) is 0 Å². The first kappa shape index (κ1) is 18.8. The molecule has 2 aromatic carbocycles. The van der Waals surface area contributed by atoms with Gasteiger partial charge in [-0.05, 0) is 60.5 Å². The summed E-state index contributed by atoms with van der Waals surface area (Å²) in [4.78, 5) is 28.1. The van der Waals surface area contributed by atoms with Crippen molar-refractivity contribution in [3.05, 3.63) is 88.7 Å².